The second-order valence-corrected chi connectivity index (χ2v) is 5.58. The number of benzene rings is 2. The zero-order chi connectivity index (χ0) is 17.9. The maximum atomic E-state index is 13.8. The zero-order valence-electron chi connectivity index (χ0n) is 13.3. The molecular formula is C18H17F4NO. The summed E-state index contributed by atoms with van der Waals surface area (Å²) in [4.78, 5) is 13.7. The summed E-state index contributed by atoms with van der Waals surface area (Å²) in [6.45, 7) is 1.67. The molecule has 2 aromatic rings. The molecule has 2 nitrogen and oxygen atoms in total. The van der Waals surface area contributed by atoms with E-state index in [4.69, 9.17) is 0 Å². The topological polar surface area (TPSA) is 20.3 Å². The predicted octanol–water partition coefficient (Wildman–Crippen LogP) is 4.61. The number of hydrogen-bond donors (Lipinski definition) is 0. The van der Waals surface area contributed by atoms with Crippen LogP contribution in [0.1, 0.15) is 29.7 Å². The van der Waals surface area contributed by atoms with Gasteiger partial charge >= 0.3 is 6.18 Å². The molecule has 0 aliphatic carbocycles. The number of carbonyl (C=O) groups is 1. The first-order chi connectivity index (χ1) is 11.2. The Hall–Kier alpha value is -2.37. The predicted molar refractivity (Wildman–Crippen MR) is 82.7 cm³/mol. The van der Waals surface area contributed by atoms with E-state index in [9.17, 15) is 22.4 Å². The highest BCUT2D eigenvalue weighted by Crippen LogP contribution is 2.30. The van der Waals surface area contributed by atoms with Crippen molar-refractivity contribution in [2.24, 2.45) is 0 Å². The van der Waals surface area contributed by atoms with Gasteiger partial charge in [-0.25, -0.2) is 4.39 Å². The van der Waals surface area contributed by atoms with Gasteiger partial charge in [-0.3, -0.25) is 4.79 Å². The Kier molecular flexibility index (Phi) is 5.26. The summed E-state index contributed by atoms with van der Waals surface area (Å²) in [6.07, 6.45) is -4.63. The Morgan fingerprint density at radius 1 is 1.12 bits per heavy atom. The van der Waals surface area contributed by atoms with E-state index in [0.29, 0.717) is 5.56 Å². The van der Waals surface area contributed by atoms with Crippen molar-refractivity contribution >= 4 is 5.91 Å². The molecule has 0 saturated heterocycles. The molecule has 6 heteroatoms. The number of likely N-dealkylation sites (N-methyl/N-ethyl adjacent to an activating group) is 1. The summed E-state index contributed by atoms with van der Waals surface area (Å²) < 4.78 is 52.0. The molecule has 1 amide bonds. The second-order valence-electron chi connectivity index (χ2n) is 5.58. The van der Waals surface area contributed by atoms with Crippen molar-refractivity contribution in [2.75, 3.05) is 7.05 Å². The first-order valence-electron chi connectivity index (χ1n) is 7.36. The van der Waals surface area contributed by atoms with Gasteiger partial charge in [0.1, 0.15) is 5.82 Å². The van der Waals surface area contributed by atoms with Gasteiger partial charge < -0.3 is 4.90 Å². The minimum Gasteiger partial charge on any atom is -0.339 e. The number of nitrogens with zero attached hydrogens (tertiary/aromatic N) is 1. The maximum absolute atomic E-state index is 13.8. The van der Waals surface area contributed by atoms with Crippen LogP contribution in [0.15, 0.2) is 48.5 Å². The first-order valence-corrected chi connectivity index (χ1v) is 7.36. The molecule has 0 spiro atoms. The number of rotatable bonds is 4. The second kappa shape index (κ2) is 7.03. The normalized spacial score (nSPS) is 12.8. The molecule has 0 aliphatic heterocycles. The fourth-order valence-corrected chi connectivity index (χ4v) is 2.40. The number of halogens is 4. The Bertz CT molecular complexity index is 727. The summed E-state index contributed by atoms with van der Waals surface area (Å²) in [5, 5.41) is 0. The van der Waals surface area contributed by atoms with Crippen molar-refractivity contribution in [2.45, 2.75) is 25.6 Å². The molecule has 0 bridgehead atoms. The Morgan fingerprint density at radius 3 is 2.42 bits per heavy atom. The number of alkyl halides is 3. The molecule has 24 heavy (non-hydrogen) atoms. The van der Waals surface area contributed by atoms with Crippen molar-refractivity contribution in [1.82, 2.24) is 4.90 Å². The van der Waals surface area contributed by atoms with Crippen molar-refractivity contribution < 1.29 is 22.4 Å². The quantitative estimate of drug-likeness (QED) is 0.745. The largest absolute Gasteiger partial charge is 0.416 e. The minimum absolute atomic E-state index is 0.181. The van der Waals surface area contributed by atoms with E-state index in [1.165, 1.54) is 30.1 Å². The molecule has 0 aromatic heterocycles. The van der Waals surface area contributed by atoms with Crippen molar-refractivity contribution in [3.05, 3.63) is 71.0 Å². The maximum Gasteiger partial charge on any atom is 0.416 e. The Labute approximate surface area is 137 Å². The van der Waals surface area contributed by atoms with E-state index < -0.39 is 23.6 Å². The smallest absolute Gasteiger partial charge is 0.339 e. The molecule has 0 radical (unpaired) electrons. The molecule has 2 aromatic carbocycles. The minimum atomic E-state index is -4.45. The SMILES string of the molecule is CC(c1ccccc1F)N(C)C(=O)Cc1cccc(C(F)(F)F)c1. The molecular weight excluding hydrogens is 322 g/mol. The van der Waals surface area contributed by atoms with E-state index in [2.05, 4.69) is 0 Å². The van der Waals surface area contributed by atoms with Crippen LogP contribution in [0.5, 0.6) is 0 Å². The molecule has 2 rings (SSSR count). The van der Waals surface area contributed by atoms with Gasteiger partial charge in [-0.1, -0.05) is 36.4 Å². The fourth-order valence-electron chi connectivity index (χ4n) is 2.40. The van der Waals surface area contributed by atoms with Crippen LogP contribution in [0.25, 0.3) is 0 Å². The van der Waals surface area contributed by atoms with E-state index >= 15 is 0 Å². The third-order valence-corrected chi connectivity index (χ3v) is 3.94. The van der Waals surface area contributed by atoms with Crippen molar-refractivity contribution in [1.29, 1.82) is 0 Å². The van der Waals surface area contributed by atoms with Crippen molar-refractivity contribution in [3.8, 4) is 0 Å². The lowest BCUT2D eigenvalue weighted by Crippen LogP contribution is -2.31. The molecule has 0 fully saturated rings. The van der Waals surface area contributed by atoms with E-state index in [-0.39, 0.29) is 17.9 Å². The summed E-state index contributed by atoms with van der Waals surface area (Å²) in [7, 11) is 1.51. The highest BCUT2D eigenvalue weighted by Gasteiger charge is 2.30. The van der Waals surface area contributed by atoms with Gasteiger partial charge in [0.2, 0.25) is 5.91 Å². The lowest BCUT2D eigenvalue weighted by atomic mass is 10.0. The van der Waals surface area contributed by atoms with Gasteiger partial charge in [-0.2, -0.15) is 13.2 Å². The molecule has 1 unspecified atom stereocenters. The third kappa shape index (κ3) is 4.13. The lowest BCUT2D eigenvalue weighted by Gasteiger charge is -2.26. The van der Waals surface area contributed by atoms with Crippen LogP contribution < -0.4 is 0 Å². The standard InChI is InChI=1S/C18H17F4NO/c1-12(15-8-3-4-9-16(15)19)23(2)17(24)11-13-6-5-7-14(10-13)18(20,21)22/h3-10,12H,11H2,1-2H3. The number of hydrogen-bond acceptors (Lipinski definition) is 1. The fraction of sp³-hybridized carbons (Fsp3) is 0.278. The average Bonchev–Trinajstić information content (AvgIpc) is 2.53. The molecule has 0 heterocycles. The van der Waals surface area contributed by atoms with Crippen LogP contribution in [-0.4, -0.2) is 17.9 Å². The molecule has 1 atom stereocenters. The summed E-state index contributed by atoms with van der Waals surface area (Å²) in [6, 6.07) is 10.2. The highest BCUT2D eigenvalue weighted by atomic mass is 19.4. The summed E-state index contributed by atoms with van der Waals surface area (Å²) in [5.41, 5.74) is -0.169. The first kappa shape index (κ1) is 18.0. The molecule has 128 valence electrons. The monoisotopic (exact) mass is 339 g/mol. The summed E-state index contributed by atoms with van der Waals surface area (Å²) >= 11 is 0. The van der Waals surface area contributed by atoms with Crippen LogP contribution in [0.3, 0.4) is 0 Å². The van der Waals surface area contributed by atoms with Gasteiger partial charge in [0.05, 0.1) is 18.0 Å². The third-order valence-electron chi connectivity index (χ3n) is 3.94. The average molecular weight is 339 g/mol. The zero-order valence-corrected chi connectivity index (χ0v) is 13.3. The van der Waals surface area contributed by atoms with Crippen LogP contribution in [-0.2, 0) is 17.4 Å². The highest BCUT2D eigenvalue weighted by molar-refractivity contribution is 5.79. The number of carbonyl (C=O) groups excluding carboxylic acids is 1. The van der Waals surface area contributed by atoms with Gasteiger partial charge in [0, 0.05) is 12.6 Å². The van der Waals surface area contributed by atoms with Gasteiger partial charge in [0.25, 0.3) is 0 Å². The molecule has 0 aliphatic rings. The number of amides is 1. The van der Waals surface area contributed by atoms with E-state index in [1.807, 2.05) is 0 Å². The van der Waals surface area contributed by atoms with Gasteiger partial charge in [0.15, 0.2) is 0 Å². The Morgan fingerprint density at radius 2 is 1.79 bits per heavy atom. The van der Waals surface area contributed by atoms with Crippen LogP contribution in [0, 0.1) is 5.82 Å². The Balaban J connectivity index is 2.13. The van der Waals surface area contributed by atoms with Gasteiger partial charge in [-0.05, 0) is 24.6 Å². The molecule has 0 N–H and O–H groups in total. The van der Waals surface area contributed by atoms with Crippen molar-refractivity contribution in [3.63, 3.8) is 0 Å². The van der Waals surface area contributed by atoms with Crippen LogP contribution in [0.4, 0.5) is 17.6 Å². The van der Waals surface area contributed by atoms with E-state index in [1.54, 1.807) is 25.1 Å². The van der Waals surface area contributed by atoms with Crippen LogP contribution in [0.2, 0.25) is 0 Å². The van der Waals surface area contributed by atoms with Crippen LogP contribution >= 0.6 is 0 Å². The lowest BCUT2D eigenvalue weighted by molar-refractivity contribution is -0.138. The van der Waals surface area contributed by atoms with Gasteiger partial charge in [-0.15, -0.1) is 0 Å². The van der Waals surface area contributed by atoms with E-state index in [0.717, 1.165) is 12.1 Å². The molecule has 0 saturated carbocycles. The summed E-state index contributed by atoms with van der Waals surface area (Å²) in [5.74, 6) is -0.811.